The highest BCUT2D eigenvalue weighted by Gasteiger charge is 2.38. The molecule has 3 aliphatic rings. The van der Waals surface area contributed by atoms with E-state index in [0.717, 1.165) is 44.5 Å². The molecule has 2 fully saturated rings. The SMILES string of the molecule is O=C(CN1CCC[C@@H]1[C@@H]1COCC[C@@H]1O)N1CCCc2ccccc21. The molecule has 4 rings (SSSR count). The third-order valence-electron chi connectivity index (χ3n) is 6.02. The number of rotatable bonds is 3. The molecule has 25 heavy (non-hydrogen) atoms. The van der Waals surface area contributed by atoms with Gasteiger partial charge >= 0.3 is 0 Å². The number of aliphatic hydroxyl groups excluding tert-OH is 1. The maximum Gasteiger partial charge on any atom is 0.241 e. The van der Waals surface area contributed by atoms with Crippen molar-refractivity contribution in [3.8, 4) is 0 Å². The van der Waals surface area contributed by atoms with Gasteiger partial charge in [-0.05, 0) is 50.3 Å². The van der Waals surface area contributed by atoms with Gasteiger partial charge in [-0.3, -0.25) is 9.69 Å². The van der Waals surface area contributed by atoms with E-state index in [2.05, 4.69) is 17.0 Å². The number of fused-ring (bicyclic) bond motifs is 1. The van der Waals surface area contributed by atoms with Crippen LogP contribution in [0.1, 0.15) is 31.2 Å². The van der Waals surface area contributed by atoms with E-state index >= 15 is 0 Å². The molecule has 136 valence electrons. The third-order valence-corrected chi connectivity index (χ3v) is 6.02. The summed E-state index contributed by atoms with van der Waals surface area (Å²) in [6.45, 7) is 3.46. The molecule has 1 aromatic rings. The second-order valence-electron chi connectivity index (χ2n) is 7.55. The first-order chi connectivity index (χ1) is 12.2. The van der Waals surface area contributed by atoms with Crippen molar-refractivity contribution in [2.45, 2.75) is 44.2 Å². The number of likely N-dealkylation sites (tertiary alicyclic amines) is 1. The van der Waals surface area contributed by atoms with Crippen molar-refractivity contribution in [1.82, 2.24) is 4.90 Å². The number of para-hydroxylation sites is 1. The van der Waals surface area contributed by atoms with Gasteiger partial charge < -0.3 is 14.7 Å². The first-order valence-corrected chi connectivity index (χ1v) is 9.62. The lowest BCUT2D eigenvalue weighted by Crippen LogP contribution is -2.50. The van der Waals surface area contributed by atoms with E-state index in [1.54, 1.807) is 0 Å². The highest BCUT2D eigenvalue weighted by Crippen LogP contribution is 2.31. The summed E-state index contributed by atoms with van der Waals surface area (Å²) in [5.74, 6) is 0.322. The summed E-state index contributed by atoms with van der Waals surface area (Å²) >= 11 is 0. The van der Waals surface area contributed by atoms with Crippen molar-refractivity contribution < 1.29 is 14.6 Å². The third kappa shape index (κ3) is 3.46. The quantitative estimate of drug-likeness (QED) is 0.909. The Morgan fingerprint density at radius 1 is 1.20 bits per heavy atom. The van der Waals surface area contributed by atoms with Gasteiger partial charge in [0.25, 0.3) is 0 Å². The number of anilines is 1. The van der Waals surface area contributed by atoms with E-state index in [0.29, 0.717) is 26.2 Å². The lowest BCUT2D eigenvalue weighted by molar-refractivity contribution is -0.121. The predicted molar refractivity (Wildman–Crippen MR) is 96.6 cm³/mol. The lowest BCUT2D eigenvalue weighted by Gasteiger charge is -2.38. The summed E-state index contributed by atoms with van der Waals surface area (Å²) < 4.78 is 5.60. The molecule has 1 amide bonds. The average molecular weight is 344 g/mol. The van der Waals surface area contributed by atoms with Gasteiger partial charge in [0.1, 0.15) is 0 Å². The van der Waals surface area contributed by atoms with Crippen LogP contribution in [0.2, 0.25) is 0 Å². The van der Waals surface area contributed by atoms with Crippen LogP contribution in [0.3, 0.4) is 0 Å². The zero-order valence-electron chi connectivity index (χ0n) is 14.8. The molecule has 0 radical (unpaired) electrons. The highest BCUT2D eigenvalue weighted by atomic mass is 16.5. The van der Waals surface area contributed by atoms with Gasteiger partial charge in [0.05, 0.1) is 19.3 Å². The van der Waals surface area contributed by atoms with Gasteiger partial charge in [-0.15, -0.1) is 0 Å². The van der Waals surface area contributed by atoms with Crippen LogP contribution >= 0.6 is 0 Å². The zero-order chi connectivity index (χ0) is 17.2. The lowest BCUT2D eigenvalue weighted by atomic mass is 9.89. The molecule has 0 bridgehead atoms. The first kappa shape index (κ1) is 17.0. The Hall–Kier alpha value is -1.43. The number of hydrogen-bond donors (Lipinski definition) is 1. The van der Waals surface area contributed by atoms with Crippen LogP contribution in [0.4, 0.5) is 5.69 Å². The maximum atomic E-state index is 13.0. The molecule has 0 aromatic heterocycles. The molecule has 0 aliphatic carbocycles. The number of aryl methyl sites for hydroxylation is 1. The Morgan fingerprint density at radius 3 is 2.96 bits per heavy atom. The molecule has 5 nitrogen and oxygen atoms in total. The number of amides is 1. The molecule has 3 heterocycles. The summed E-state index contributed by atoms with van der Waals surface area (Å²) in [5.41, 5.74) is 2.35. The standard InChI is InChI=1S/C20H28N2O3/c23-19-9-12-25-14-16(19)18-8-4-10-21(18)13-20(24)22-11-3-6-15-5-1-2-7-17(15)22/h1-2,5,7,16,18-19,23H,3-4,6,8-14H2/t16-,18+,19-/m0/s1. The van der Waals surface area contributed by atoms with Crippen LogP contribution in [-0.4, -0.2) is 60.9 Å². The van der Waals surface area contributed by atoms with Crippen LogP contribution in [0.5, 0.6) is 0 Å². The number of benzene rings is 1. The molecular weight excluding hydrogens is 316 g/mol. The van der Waals surface area contributed by atoms with Crippen molar-refractivity contribution >= 4 is 11.6 Å². The highest BCUT2D eigenvalue weighted by molar-refractivity contribution is 5.96. The molecule has 2 saturated heterocycles. The minimum absolute atomic E-state index is 0.137. The van der Waals surface area contributed by atoms with Crippen LogP contribution in [0.25, 0.3) is 0 Å². The van der Waals surface area contributed by atoms with E-state index in [-0.39, 0.29) is 24.0 Å². The molecule has 0 saturated carbocycles. The summed E-state index contributed by atoms with van der Waals surface area (Å²) in [5, 5.41) is 10.4. The van der Waals surface area contributed by atoms with Gasteiger partial charge in [-0.25, -0.2) is 0 Å². The second-order valence-corrected chi connectivity index (χ2v) is 7.55. The van der Waals surface area contributed by atoms with Crippen LogP contribution in [0.15, 0.2) is 24.3 Å². The Bertz CT molecular complexity index is 621. The van der Waals surface area contributed by atoms with Crippen molar-refractivity contribution in [2.75, 3.05) is 37.7 Å². The number of carbonyl (C=O) groups is 1. The number of carbonyl (C=O) groups excluding carboxylic acids is 1. The number of aliphatic hydroxyl groups is 1. The maximum absolute atomic E-state index is 13.0. The monoisotopic (exact) mass is 344 g/mol. The van der Waals surface area contributed by atoms with Gasteiger partial charge in [0, 0.05) is 30.8 Å². The van der Waals surface area contributed by atoms with Gasteiger partial charge in [-0.1, -0.05) is 18.2 Å². The van der Waals surface area contributed by atoms with Gasteiger partial charge in [-0.2, -0.15) is 0 Å². The molecule has 1 aromatic carbocycles. The minimum Gasteiger partial charge on any atom is -0.393 e. The van der Waals surface area contributed by atoms with E-state index in [1.165, 1.54) is 5.56 Å². The Kier molecular flexibility index (Phi) is 5.06. The normalized spacial score (nSPS) is 30.3. The molecule has 3 aliphatic heterocycles. The fourth-order valence-corrected chi connectivity index (χ4v) is 4.70. The van der Waals surface area contributed by atoms with Crippen LogP contribution < -0.4 is 4.90 Å². The van der Waals surface area contributed by atoms with Crippen molar-refractivity contribution in [2.24, 2.45) is 5.92 Å². The van der Waals surface area contributed by atoms with E-state index in [9.17, 15) is 9.90 Å². The topological polar surface area (TPSA) is 53.0 Å². The molecular formula is C20H28N2O3. The van der Waals surface area contributed by atoms with Gasteiger partial charge in [0.15, 0.2) is 0 Å². The number of hydrogen-bond acceptors (Lipinski definition) is 4. The molecule has 1 N–H and O–H groups in total. The fourth-order valence-electron chi connectivity index (χ4n) is 4.70. The Balaban J connectivity index is 1.45. The first-order valence-electron chi connectivity index (χ1n) is 9.62. The predicted octanol–water partition coefficient (Wildman–Crippen LogP) is 1.83. The van der Waals surface area contributed by atoms with E-state index in [4.69, 9.17) is 4.74 Å². The smallest absolute Gasteiger partial charge is 0.241 e. The summed E-state index contributed by atoms with van der Waals surface area (Å²) in [6.07, 6.45) is 4.64. The summed E-state index contributed by atoms with van der Waals surface area (Å²) in [6, 6.07) is 8.52. The van der Waals surface area contributed by atoms with Crippen LogP contribution in [-0.2, 0) is 16.0 Å². The minimum atomic E-state index is -0.301. The molecule has 0 spiro atoms. The Labute approximate surface area is 149 Å². The molecule has 5 heteroatoms. The fraction of sp³-hybridized carbons (Fsp3) is 0.650. The number of nitrogens with zero attached hydrogens (tertiary/aromatic N) is 2. The second kappa shape index (κ2) is 7.44. The van der Waals surface area contributed by atoms with Crippen LogP contribution in [0, 0.1) is 5.92 Å². The van der Waals surface area contributed by atoms with E-state index < -0.39 is 0 Å². The van der Waals surface area contributed by atoms with Crippen molar-refractivity contribution in [3.05, 3.63) is 29.8 Å². The molecule has 3 atom stereocenters. The molecule has 0 unspecified atom stereocenters. The van der Waals surface area contributed by atoms with Gasteiger partial charge in [0.2, 0.25) is 5.91 Å². The summed E-state index contributed by atoms with van der Waals surface area (Å²) in [4.78, 5) is 17.3. The van der Waals surface area contributed by atoms with Crippen molar-refractivity contribution in [3.63, 3.8) is 0 Å². The average Bonchev–Trinajstić information content (AvgIpc) is 3.09. The van der Waals surface area contributed by atoms with E-state index in [1.807, 2.05) is 17.0 Å². The zero-order valence-corrected chi connectivity index (χ0v) is 14.8. The van der Waals surface area contributed by atoms with Crippen molar-refractivity contribution in [1.29, 1.82) is 0 Å². The Morgan fingerprint density at radius 2 is 2.08 bits per heavy atom. The largest absolute Gasteiger partial charge is 0.393 e. The number of ether oxygens (including phenoxy) is 1. The summed E-state index contributed by atoms with van der Waals surface area (Å²) in [7, 11) is 0.